The Labute approximate surface area is 93.5 Å². The van der Waals surface area contributed by atoms with Gasteiger partial charge < -0.3 is 25.5 Å². The van der Waals surface area contributed by atoms with Gasteiger partial charge in [0.1, 0.15) is 0 Å². The Morgan fingerprint density at radius 1 is 1.19 bits per heavy atom. The third-order valence-corrected chi connectivity index (χ3v) is 1.89. The van der Waals surface area contributed by atoms with Gasteiger partial charge in [-0.15, -0.1) is 0 Å². The summed E-state index contributed by atoms with van der Waals surface area (Å²) in [5, 5.41) is 45.0. The minimum atomic E-state index is -1.41. The van der Waals surface area contributed by atoms with E-state index in [1.807, 2.05) is 0 Å². The Morgan fingerprint density at radius 2 is 1.75 bits per heavy atom. The van der Waals surface area contributed by atoms with Gasteiger partial charge in [0.15, 0.2) is 0 Å². The van der Waals surface area contributed by atoms with E-state index in [0.717, 1.165) is 6.08 Å². The molecule has 0 aromatic rings. The second kappa shape index (κ2) is 7.34. The number of aliphatic hydroxyl groups excluding tert-OH is 4. The van der Waals surface area contributed by atoms with E-state index in [0.29, 0.717) is 0 Å². The van der Waals surface area contributed by atoms with Crippen LogP contribution in [0.3, 0.4) is 0 Å². The van der Waals surface area contributed by atoms with Crippen molar-refractivity contribution in [2.45, 2.75) is 44.2 Å². The van der Waals surface area contributed by atoms with Gasteiger partial charge in [-0.1, -0.05) is 12.2 Å². The summed E-state index contributed by atoms with van der Waals surface area (Å²) in [4.78, 5) is 10.2. The molecule has 0 radical (unpaired) electrons. The van der Waals surface area contributed by atoms with Gasteiger partial charge in [-0.2, -0.15) is 0 Å². The number of carboxylic acids is 1. The molecule has 0 spiro atoms. The molecule has 0 fully saturated rings. The molecule has 0 aromatic heterocycles. The van der Waals surface area contributed by atoms with Crippen molar-refractivity contribution in [1.29, 1.82) is 0 Å². The molecule has 94 valence electrons. The van der Waals surface area contributed by atoms with Crippen LogP contribution in [-0.2, 0) is 4.79 Å². The largest absolute Gasteiger partial charge is 0.481 e. The van der Waals surface area contributed by atoms with E-state index in [-0.39, 0.29) is 6.42 Å². The van der Waals surface area contributed by atoms with Crippen LogP contribution in [0.2, 0.25) is 0 Å². The maximum Gasteiger partial charge on any atom is 0.306 e. The molecule has 0 bridgehead atoms. The highest BCUT2D eigenvalue weighted by atomic mass is 16.4. The number of carbonyl (C=O) groups is 1. The van der Waals surface area contributed by atoms with E-state index in [2.05, 4.69) is 0 Å². The van der Waals surface area contributed by atoms with Crippen molar-refractivity contribution in [2.24, 2.45) is 0 Å². The summed E-state index contributed by atoms with van der Waals surface area (Å²) in [7, 11) is 0. The summed E-state index contributed by atoms with van der Waals surface area (Å²) in [6, 6.07) is 0. The van der Waals surface area contributed by atoms with Gasteiger partial charge in [-0.3, -0.25) is 4.79 Å². The van der Waals surface area contributed by atoms with Gasteiger partial charge in [0.05, 0.1) is 30.8 Å². The van der Waals surface area contributed by atoms with E-state index in [1.165, 1.54) is 13.0 Å². The lowest BCUT2D eigenvalue weighted by Gasteiger charge is -2.13. The predicted octanol–water partition coefficient (Wildman–Crippen LogP) is -1.13. The molecule has 6 heteroatoms. The van der Waals surface area contributed by atoms with E-state index in [9.17, 15) is 15.0 Å². The van der Waals surface area contributed by atoms with Crippen molar-refractivity contribution in [3.63, 3.8) is 0 Å². The molecule has 0 aliphatic carbocycles. The maximum absolute atomic E-state index is 10.2. The quantitative estimate of drug-likeness (QED) is 0.356. The lowest BCUT2D eigenvalue weighted by Crippen LogP contribution is -2.27. The fourth-order valence-electron chi connectivity index (χ4n) is 1.10. The molecule has 0 aromatic carbocycles. The standard InChI is InChI=1S/C10H18O6/c1-6(11)4-7(12)2-3-8(13)9(14)5-10(15)16/h2-3,6-9,11-14H,4-5H2,1H3,(H,15,16)/b3-2+/t6-,7-,8+,9+/m1/s1. The average Bonchev–Trinajstić information content (AvgIpc) is 2.11. The van der Waals surface area contributed by atoms with Crippen LogP contribution in [-0.4, -0.2) is 55.9 Å². The molecular formula is C10H18O6. The SMILES string of the molecule is C[C@@H](O)C[C@H](O)/C=C/[C@H](O)[C@@H](O)CC(=O)O. The highest BCUT2D eigenvalue weighted by Crippen LogP contribution is 2.04. The number of carboxylic acid groups (broad SMARTS) is 1. The molecule has 16 heavy (non-hydrogen) atoms. The van der Waals surface area contributed by atoms with Crippen LogP contribution < -0.4 is 0 Å². The summed E-state index contributed by atoms with van der Waals surface area (Å²) >= 11 is 0. The van der Waals surface area contributed by atoms with Crippen molar-refractivity contribution in [1.82, 2.24) is 0 Å². The minimum Gasteiger partial charge on any atom is -0.481 e. The van der Waals surface area contributed by atoms with Gasteiger partial charge in [-0.05, 0) is 6.92 Å². The second-order valence-electron chi connectivity index (χ2n) is 3.69. The fourth-order valence-corrected chi connectivity index (χ4v) is 1.10. The van der Waals surface area contributed by atoms with Crippen molar-refractivity contribution in [3.05, 3.63) is 12.2 Å². The van der Waals surface area contributed by atoms with Crippen molar-refractivity contribution >= 4 is 5.97 Å². The summed E-state index contributed by atoms with van der Waals surface area (Å²) in [6.07, 6.45) is -2.51. The molecule has 0 saturated heterocycles. The highest BCUT2D eigenvalue weighted by molar-refractivity contribution is 5.67. The van der Waals surface area contributed by atoms with Crippen molar-refractivity contribution < 1.29 is 30.3 Å². The maximum atomic E-state index is 10.2. The Balaban J connectivity index is 4.06. The molecular weight excluding hydrogens is 216 g/mol. The van der Waals surface area contributed by atoms with Crippen LogP contribution in [0.5, 0.6) is 0 Å². The van der Waals surface area contributed by atoms with Gasteiger partial charge in [0, 0.05) is 6.42 Å². The predicted molar refractivity (Wildman–Crippen MR) is 55.7 cm³/mol. The van der Waals surface area contributed by atoms with E-state index < -0.39 is 36.8 Å². The van der Waals surface area contributed by atoms with Crippen LogP contribution in [0.1, 0.15) is 19.8 Å². The molecule has 0 saturated carbocycles. The molecule has 0 unspecified atom stereocenters. The molecule has 0 aliphatic rings. The zero-order valence-electron chi connectivity index (χ0n) is 9.02. The average molecular weight is 234 g/mol. The Hall–Kier alpha value is -0.950. The molecule has 0 heterocycles. The highest BCUT2D eigenvalue weighted by Gasteiger charge is 2.17. The molecule has 5 N–H and O–H groups in total. The normalized spacial score (nSPS) is 19.3. The Kier molecular flexibility index (Phi) is 6.91. The third kappa shape index (κ3) is 7.36. The van der Waals surface area contributed by atoms with E-state index >= 15 is 0 Å². The number of aliphatic carboxylic acids is 1. The summed E-state index contributed by atoms with van der Waals surface area (Å²) in [6.45, 7) is 1.51. The first-order valence-electron chi connectivity index (χ1n) is 4.95. The van der Waals surface area contributed by atoms with Crippen LogP contribution in [0.4, 0.5) is 0 Å². The van der Waals surface area contributed by atoms with Crippen LogP contribution in [0, 0.1) is 0 Å². The van der Waals surface area contributed by atoms with Gasteiger partial charge >= 0.3 is 5.97 Å². The lowest BCUT2D eigenvalue weighted by molar-refractivity contribution is -0.140. The topological polar surface area (TPSA) is 118 Å². The summed E-state index contributed by atoms with van der Waals surface area (Å²) in [5.41, 5.74) is 0. The fraction of sp³-hybridized carbons (Fsp3) is 0.700. The number of aliphatic hydroxyl groups is 4. The first-order valence-corrected chi connectivity index (χ1v) is 4.95. The smallest absolute Gasteiger partial charge is 0.306 e. The molecule has 6 nitrogen and oxygen atoms in total. The monoisotopic (exact) mass is 234 g/mol. The zero-order valence-corrected chi connectivity index (χ0v) is 9.02. The van der Waals surface area contributed by atoms with E-state index in [1.54, 1.807) is 0 Å². The molecule has 0 rings (SSSR count). The van der Waals surface area contributed by atoms with Crippen LogP contribution in [0.25, 0.3) is 0 Å². The minimum absolute atomic E-state index is 0.109. The van der Waals surface area contributed by atoms with Gasteiger partial charge in [-0.25, -0.2) is 0 Å². The number of hydrogen-bond acceptors (Lipinski definition) is 5. The summed E-state index contributed by atoms with van der Waals surface area (Å²) < 4.78 is 0. The molecule has 0 amide bonds. The first kappa shape index (κ1) is 15.0. The number of hydrogen-bond donors (Lipinski definition) is 5. The Bertz CT molecular complexity index is 237. The molecule has 4 atom stereocenters. The van der Waals surface area contributed by atoms with Crippen LogP contribution >= 0.6 is 0 Å². The second-order valence-corrected chi connectivity index (χ2v) is 3.69. The first-order chi connectivity index (χ1) is 7.32. The zero-order chi connectivity index (χ0) is 12.7. The van der Waals surface area contributed by atoms with Crippen molar-refractivity contribution in [2.75, 3.05) is 0 Å². The van der Waals surface area contributed by atoms with Gasteiger partial charge in [0.25, 0.3) is 0 Å². The lowest BCUT2D eigenvalue weighted by atomic mass is 10.1. The molecule has 0 aliphatic heterocycles. The number of rotatable bonds is 7. The summed E-state index contributed by atoms with van der Waals surface area (Å²) in [5.74, 6) is -1.22. The Morgan fingerprint density at radius 3 is 2.19 bits per heavy atom. The van der Waals surface area contributed by atoms with Crippen molar-refractivity contribution in [3.8, 4) is 0 Å². The van der Waals surface area contributed by atoms with Gasteiger partial charge in [0.2, 0.25) is 0 Å². The van der Waals surface area contributed by atoms with E-state index in [4.69, 9.17) is 15.3 Å². The van der Waals surface area contributed by atoms with Crippen LogP contribution in [0.15, 0.2) is 12.2 Å². The third-order valence-electron chi connectivity index (χ3n) is 1.89.